The maximum Gasteiger partial charge on any atom is 0.407 e. The molecule has 0 aliphatic heterocycles. The molecule has 0 saturated heterocycles. The molecule has 0 aromatic heterocycles. The van der Waals surface area contributed by atoms with E-state index >= 15 is 0 Å². The first-order valence-electron chi connectivity index (χ1n) is 8.23. The van der Waals surface area contributed by atoms with Gasteiger partial charge in [-0.2, -0.15) is 0 Å². The van der Waals surface area contributed by atoms with E-state index in [1.165, 1.54) is 0 Å². The van der Waals surface area contributed by atoms with E-state index in [0.29, 0.717) is 12.5 Å². The highest BCUT2D eigenvalue weighted by molar-refractivity contribution is 5.68. The SMILES string of the molecule is CCC(NC(=O)OC(C)(C)C)C(CCN)CCCCCN. The van der Waals surface area contributed by atoms with E-state index in [-0.39, 0.29) is 12.1 Å². The van der Waals surface area contributed by atoms with Gasteiger partial charge in [-0.25, -0.2) is 4.79 Å². The highest BCUT2D eigenvalue weighted by Gasteiger charge is 2.24. The van der Waals surface area contributed by atoms with Crippen LogP contribution in [-0.4, -0.2) is 30.8 Å². The predicted molar refractivity (Wildman–Crippen MR) is 88.1 cm³/mol. The molecule has 5 heteroatoms. The van der Waals surface area contributed by atoms with Gasteiger partial charge >= 0.3 is 6.09 Å². The predicted octanol–water partition coefficient (Wildman–Crippen LogP) is 2.77. The van der Waals surface area contributed by atoms with E-state index in [2.05, 4.69) is 12.2 Å². The number of carbonyl (C=O) groups is 1. The zero-order chi connectivity index (χ0) is 16.3. The van der Waals surface area contributed by atoms with Crippen LogP contribution in [0.25, 0.3) is 0 Å². The molecule has 0 saturated carbocycles. The third-order valence-electron chi connectivity index (χ3n) is 3.53. The van der Waals surface area contributed by atoms with Crippen molar-refractivity contribution >= 4 is 6.09 Å². The average Bonchev–Trinajstić information content (AvgIpc) is 2.38. The standard InChI is InChI=1S/C16H35N3O2/c1-5-14(19-15(20)21-16(2,3)4)13(10-12-18)9-7-6-8-11-17/h13-14H,5-12,17-18H2,1-4H3,(H,19,20). The van der Waals surface area contributed by atoms with Crippen molar-refractivity contribution in [2.24, 2.45) is 17.4 Å². The second kappa shape index (κ2) is 10.9. The molecule has 2 unspecified atom stereocenters. The Bertz CT molecular complexity index is 277. The van der Waals surface area contributed by atoms with Crippen LogP contribution < -0.4 is 16.8 Å². The number of amides is 1. The molecule has 0 spiro atoms. The molecule has 21 heavy (non-hydrogen) atoms. The van der Waals surface area contributed by atoms with Crippen molar-refractivity contribution in [1.82, 2.24) is 5.32 Å². The summed E-state index contributed by atoms with van der Waals surface area (Å²) < 4.78 is 5.34. The molecule has 5 nitrogen and oxygen atoms in total. The minimum absolute atomic E-state index is 0.126. The second-order valence-corrected chi connectivity index (χ2v) is 6.64. The van der Waals surface area contributed by atoms with Gasteiger partial charge in [-0.3, -0.25) is 0 Å². The molecule has 0 fully saturated rings. The number of rotatable bonds is 10. The van der Waals surface area contributed by atoms with Crippen molar-refractivity contribution in [1.29, 1.82) is 0 Å². The topological polar surface area (TPSA) is 90.4 Å². The van der Waals surface area contributed by atoms with Crippen molar-refractivity contribution in [3.63, 3.8) is 0 Å². The van der Waals surface area contributed by atoms with Gasteiger partial charge in [0.05, 0.1) is 0 Å². The van der Waals surface area contributed by atoms with Gasteiger partial charge < -0.3 is 21.5 Å². The molecule has 0 aromatic rings. The van der Waals surface area contributed by atoms with Gasteiger partial charge in [0.15, 0.2) is 0 Å². The molecule has 5 N–H and O–H groups in total. The summed E-state index contributed by atoms with van der Waals surface area (Å²) in [5.74, 6) is 0.408. The van der Waals surface area contributed by atoms with E-state index in [1.54, 1.807) is 0 Å². The summed E-state index contributed by atoms with van der Waals surface area (Å²) in [5, 5.41) is 3.01. The molecule has 0 aliphatic carbocycles. The summed E-state index contributed by atoms with van der Waals surface area (Å²) in [6.45, 7) is 9.10. The lowest BCUT2D eigenvalue weighted by molar-refractivity contribution is 0.0479. The summed E-state index contributed by atoms with van der Waals surface area (Å²) in [5.41, 5.74) is 10.8. The molecular weight excluding hydrogens is 266 g/mol. The van der Waals surface area contributed by atoms with Crippen LogP contribution in [0.1, 0.15) is 66.2 Å². The van der Waals surface area contributed by atoms with Crippen LogP contribution in [-0.2, 0) is 4.74 Å². The second-order valence-electron chi connectivity index (χ2n) is 6.64. The van der Waals surface area contributed by atoms with E-state index in [9.17, 15) is 4.79 Å². The lowest BCUT2D eigenvalue weighted by atomic mass is 9.89. The highest BCUT2D eigenvalue weighted by Crippen LogP contribution is 2.20. The Morgan fingerprint density at radius 1 is 1.10 bits per heavy atom. The first kappa shape index (κ1) is 20.2. The van der Waals surface area contributed by atoms with Crippen molar-refractivity contribution in [3.8, 4) is 0 Å². The quantitative estimate of drug-likeness (QED) is 0.541. The largest absolute Gasteiger partial charge is 0.444 e. The van der Waals surface area contributed by atoms with Crippen molar-refractivity contribution in [3.05, 3.63) is 0 Å². The Balaban J connectivity index is 4.41. The minimum atomic E-state index is -0.465. The highest BCUT2D eigenvalue weighted by atomic mass is 16.6. The number of unbranched alkanes of at least 4 members (excludes halogenated alkanes) is 2. The number of hydrogen-bond acceptors (Lipinski definition) is 4. The maximum atomic E-state index is 11.9. The van der Waals surface area contributed by atoms with Crippen LogP contribution in [0.3, 0.4) is 0 Å². The van der Waals surface area contributed by atoms with Crippen LogP contribution in [0.15, 0.2) is 0 Å². The number of ether oxygens (including phenoxy) is 1. The average molecular weight is 301 g/mol. The summed E-state index contributed by atoms with van der Waals surface area (Å²) in [4.78, 5) is 11.9. The number of nitrogens with two attached hydrogens (primary N) is 2. The van der Waals surface area contributed by atoms with Crippen LogP contribution in [0.4, 0.5) is 4.79 Å². The van der Waals surface area contributed by atoms with Crippen LogP contribution >= 0.6 is 0 Å². The summed E-state index contributed by atoms with van der Waals surface area (Å²) >= 11 is 0. The van der Waals surface area contributed by atoms with Crippen molar-refractivity contribution in [2.45, 2.75) is 77.9 Å². The van der Waals surface area contributed by atoms with Gasteiger partial charge in [-0.15, -0.1) is 0 Å². The van der Waals surface area contributed by atoms with E-state index in [4.69, 9.17) is 16.2 Å². The fourth-order valence-corrected chi connectivity index (χ4v) is 2.50. The zero-order valence-corrected chi connectivity index (χ0v) is 14.3. The van der Waals surface area contributed by atoms with Gasteiger partial charge in [-0.05, 0) is 65.5 Å². The lowest BCUT2D eigenvalue weighted by Gasteiger charge is -2.28. The first-order chi connectivity index (χ1) is 9.84. The Labute approximate surface area is 130 Å². The third kappa shape index (κ3) is 10.5. The Morgan fingerprint density at radius 3 is 2.24 bits per heavy atom. The number of hydrogen-bond donors (Lipinski definition) is 3. The lowest BCUT2D eigenvalue weighted by Crippen LogP contribution is -2.43. The maximum absolute atomic E-state index is 11.9. The number of alkyl carbamates (subject to hydrolysis) is 1. The molecule has 0 aliphatic rings. The smallest absolute Gasteiger partial charge is 0.407 e. The fraction of sp³-hybridized carbons (Fsp3) is 0.938. The molecule has 1 amide bonds. The van der Waals surface area contributed by atoms with Crippen molar-refractivity contribution in [2.75, 3.05) is 13.1 Å². The summed E-state index contributed by atoms with van der Waals surface area (Å²) in [7, 11) is 0. The molecule has 0 aromatic carbocycles. The monoisotopic (exact) mass is 301 g/mol. The minimum Gasteiger partial charge on any atom is -0.444 e. The summed E-state index contributed by atoms with van der Waals surface area (Å²) in [6.07, 6.45) is 5.89. The van der Waals surface area contributed by atoms with Gasteiger partial charge in [-0.1, -0.05) is 19.8 Å². The molecule has 0 heterocycles. The molecule has 0 rings (SSSR count). The first-order valence-corrected chi connectivity index (χ1v) is 8.23. The zero-order valence-electron chi connectivity index (χ0n) is 14.3. The Hall–Kier alpha value is -0.810. The molecule has 0 radical (unpaired) electrons. The number of carbonyl (C=O) groups excluding carboxylic acids is 1. The van der Waals surface area contributed by atoms with Crippen LogP contribution in [0.2, 0.25) is 0 Å². The van der Waals surface area contributed by atoms with E-state index < -0.39 is 5.60 Å². The van der Waals surface area contributed by atoms with Crippen LogP contribution in [0.5, 0.6) is 0 Å². The molecule has 126 valence electrons. The Morgan fingerprint density at radius 2 is 1.76 bits per heavy atom. The van der Waals surface area contributed by atoms with Gasteiger partial charge in [0.1, 0.15) is 5.60 Å². The third-order valence-corrected chi connectivity index (χ3v) is 3.53. The normalized spacial score (nSPS) is 14.6. The van der Waals surface area contributed by atoms with E-state index in [0.717, 1.165) is 45.1 Å². The van der Waals surface area contributed by atoms with Gasteiger partial charge in [0, 0.05) is 6.04 Å². The fourth-order valence-electron chi connectivity index (χ4n) is 2.50. The summed E-state index contributed by atoms with van der Waals surface area (Å²) in [6, 6.07) is 0.126. The van der Waals surface area contributed by atoms with Gasteiger partial charge in [0.2, 0.25) is 0 Å². The number of nitrogens with one attached hydrogen (secondary N) is 1. The molecular formula is C16H35N3O2. The van der Waals surface area contributed by atoms with Crippen LogP contribution in [0, 0.1) is 5.92 Å². The molecule has 0 bridgehead atoms. The van der Waals surface area contributed by atoms with Crippen molar-refractivity contribution < 1.29 is 9.53 Å². The molecule has 2 atom stereocenters. The Kier molecular flexibility index (Phi) is 10.4. The van der Waals surface area contributed by atoms with Gasteiger partial charge in [0.25, 0.3) is 0 Å². The van der Waals surface area contributed by atoms with E-state index in [1.807, 2.05) is 20.8 Å².